The van der Waals surface area contributed by atoms with Crippen LogP contribution < -0.4 is 5.43 Å². The van der Waals surface area contributed by atoms with E-state index >= 15 is 0 Å². The molecule has 0 saturated carbocycles. The van der Waals surface area contributed by atoms with E-state index in [1.54, 1.807) is 17.8 Å². The van der Waals surface area contributed by atoms with Crippen LogP contribution >= 0.6 is 35.0 Å². The first kappa shape index (κ1) is 11.2. The molecule has 0 saturated heterocycles. The third-order valence-electron chi connectivity index (χ3n) is 2.51. The number of thioether (sulfide) groups is 1. The highest BCUT2D eigenvalue weighted by molar-refractivity contribution is 7.99. The van der Waals surface area contributed by atoms with E-state index in [0.717, 1.165) is 16.5 Å². The van der Waals surface area contributed by atoms with Gasteiger partial charge in [0, 0.05) is 15.6 Å². The number of fused-ring (bicyclic) bond motifs is 1. The van der Waals surface area contributed by atoms with Crippen molar-refractivity contribution >= 4 is 35.0 Å². The lowest BCUT2D eigenvalue weighted by Gasteiger charge is -2.13. The fourth-order valence-corrected chi connectivity index (χ4v) is 3.33. The third-order valence-corrected chi connectivity index (χ3v) is 4.14. The van der Waals surface area contributed by atoms with Crippen LogP contribution in [-0.4, -0.2) is 14.9 Å². The largest absolute Gasteiger partial charge is 0.304 e. The number of hydrogen-bond acceptors (Lipinski definition) is 4. The van der Waals surface area contributed by atoms with Gasteiger partial charge in [-0.2, -0.15) is 0 Å². The molecule has 0 amide bonds. The zero-order valence-corrected chi connectivity index (χ0v) is 11.1. The number of aromatic nitrogens is 3. The molecule has 1 unspecified atom stereocenters. The highest BCUT2D eigenvalue weighted by Crippen LogP contribution is 2.41. The third kappa shape index (κ3) is 1.88. The van der Waals surface area contributed by atoms with Gasteiger partial charge in [-0.3, -0.25) is 0 Å². The van der Waals surface area contributed by atoms with Gasteiger partial charge in [0.25, 0.3) is 0 Å². The van der Waals surface area contributed by atoms with Crippen molar-refractivity contribution in [3.8, 4) is 0 Å². The molecule has 1 aliphatic rings. The van der Waals surface area contributed by atoms with Gasteiger partial charge in [0.15, 0.2) is 0 Å². The number of benzene rings is 1. The molecular formula is C10H8Cl2N4S. The number of hydrogen-bond donors (Lipinski definition) is 1. The molecule has 1 aromatic heterocycles. The maximum absolute atomic E-state index is 6.18. The van der Waals surface area contributed by atoms with E-state index in [2.05, 4.69) is 15.6 Å². The zero-order chi connectivity index (χ0) is 12.0. The maximum Gasteiger partial charge on any atom is 0.212 e. The fourth-order valence-electron chi connectivity index (χ4n) is 1.66. The van der Waals surface area contributed by atoms with Crippen molar-refractivity contribution in [1.29, 1.82) is 0 Å². The average Bonchev–Trinajstić information content (AvgIpc) is 2.81. The van der Waals surface area contributed by atoms with Gasteiger partial charge in [0.05, 0.1) is 0 Å². The van der Waals surface area contributed by atoms with Crippen LogP contribution in [0.4, 0.5) is 0 Å². The number of aryl methyl sites for hydroxylation is 1. The Morgan fingerprint density at radius 1 is 1.35 bits per heavy atom. The average molecular weight is 287 g/mol. The Kier molecular flexibility index (Phi) is 2.69. The quantitative estimate of drug-likeness (QED) is 0.874. The predicted octanol–water partition coefficient (Wildman–Crippen LogP) is 3.24. The van der Waals surface area contributed by atoms with Crippen LogP contribution in [0.2, 0.25) is 10.0 Å². The van der Waals surface area contributed by atoms with Gasteiger partial charge in [0.2, 0.25) is 5.16 Å². The Bertz CT molecular complexity index is 584. The second kappa shape index (κ2) is 4.08. The molecule has 3 rings (SSSR count). The summed E-state index contributed by atoms with van der Waals surface area (Å²) in [7, 11) is 0. The molecule has 1 N–H and O–H groups in total. The summed E-state index contributed by atoms with van der Waals surface area (Å²) in [6.07, 6.45) is 0. The number of rotatable bonds is 1. The Hall–Kier alpha value is -0.910. The summed E-state index contributed by atoms with van der Waals surface area (Å²) in [6.45, 7) is 1.90. The molecular weight excluding hydrogens is 279 g/mol. The van der Waals surface area contributed by atoms with Gasteiger partial charge in [-0.15, -0.1) is 10.2 Å². The Balaban J connectivity index is 1.93. The lowest BCUT2D eigenvalue weighted by atomic mass is 10.2. The van der Waals surface area contributed by atoms with Crippen molar-refractivity contribution in [3.05, 3.63) is 39.6 Å². The molecule has 0 fully saturated rings. The van der Waals surface area contributed by atoms with E-state index in [0.29, 0.717) is 10.0 Å². The van der Waals surface area contributed by atoms with E-state index in [-0.39, 0.29) is 5.37 Å². The molecule has 2 heterocycles. The Morgan fingerprint density at radius 3 is 2.88 bits per heavy atom. The van der Waals surface area contributed by atoms with Crippen LogP contribution in [-0.2, 0) is 0 Å². The highest BCUT2D eigenvalue weighted by Gasteiger charge is 2.27. The van der Waals surface area contributed by atoms with E-state index in [4.69, 9.17) is 23.2 Å². The Morgan fingerprint density at radius 2 is 2.18 bits per heavy atom. The SMILES string of the molecule is Cc1nnc2n1NC(c1ccc(Cl)cc1Cl)S2. The van der Waals surface area contributed by atoms with Gasteiger partial charge in [-0.25, -0.2) is 4.68 Å². The van der Waals surface area contributed by atoms with Crippen LogP contribution in [0, 0.1) is 6.92 Å². The van der Waals surface area contributed by atoms with Crippen molar-refractivity contribution in [2.24, 2.45) is 0 Å². The molecule has 7 heteroatoms. The first-order valence-corrected chi connectivity index (χ1v) is 6.59. The summed E-state index contributed by atoms with van der Waals surface area (Å²) in [6, 6.07) is 5.49. The zero-order valence-electron chi connectivity index (χ0n) is 8.82. The van der Waals surface area contributed by atoms with Gasteiger partial charge < -0.3 is 5.43 Å². The normalized spacial score (nSPS) is 17.9. The van der Waals surface area contributed by atoms with Gasteiger partial charge >= 0.3 is 0 Å². The van der Waals surface area contributed by atoms with Crippen LogP contribution in [0.15, 0.2) is 23.4 Å². The van der Waals surface area contributed by atoms with Gasteiger partial charge in [0.1, 0.15) is 11.2 Å². The minimum atomic E-state index is 0.0453. The summed E-state index contributed by atoms with van der Waals surface area (Å²) >= 11 is 13.6. The first-order valence-electron chi connectivity index (χ1n) is 4.95. The monoisotopic (exact) mass is 286 g/mol. The second-order valence-electron chi connectivity index (χ2n) is 3.66. The smallest absolute Gasteiger partial charge is 0.212 e. The molecule has 0 bridgehead atoms. The number of halogens is 2. The highest BCUT2D eigenvalue weighted by atomic mass is 35.5. The lowest BCUT2D eigenvalue weighted by Crippen LogP contribution is -2.14. The molecule has 88 valence electrons. The summed E-state index contributed by atoms with van der Waals surface area (Å²) in [4.78, 5) is 0. The molecule has 2 aromatic rings. The molecule has 17 heavy (non-hydrogen) atoms. The minimum absolute atomic E-state index is 0.0453. The molecule has 1 atom stereocenters. The summed E-state index contributed by atoms with van der Waals surface area (Å²) in [5, 5.41) is 10.2. The number of nitrogens with one attached hydrogen (secondary N) is 1. The van der Waals surface area contributed by atoms with Crippen molar-refractivity contribution in [3.63, 3.8) is 0 Å². The summed E-state index contributed by atoms with van der Waals surface area (Å²) in [5.41, 5.74) is 4.28. The van der Waals surface area contributed by atoms with Crippen molar-refractivity contribution in [2.45, 2.75) is 17.5 Å². The van der Waals surface area contributed by atoms with E-state index in [1.807, 2.05) is 23.7 Å². The van der Waals surface area contributed by atoms with Crippen molar-refractivity contribution in [1.82, 2.24) is 14.9 Å². The molecule has 1 aromatic carbocycles. The predicted molar refractivity (Wildman–Crippen MR) is 69.2 cm³/mol. The van der Waals surface area contributed by atoms with Gasteiger partial charge in [-0.05, 0) is 19.1 Å². The van der Waals surface area contributed by atoms with E-state index in [1.165, 1.54) is 0 Å². The van der Waals surface area contributed by atoms with Crippen LogP contribution in [0.3, 0.4) is 0 Å². The van der Waals surface area contributed by atoms with Crippen LogP contribution in [0.25, 0.3) is 0 Å². The van der Waals surface area contributed by atoms with E-state index < -0.39 is 0 Å². The molecule has 0 radical (unpaired) electrons. The standard InChI is InChI=1S/C10H8Cl2N4S/c1-5-13-14-10-16(5)15-9(17-10)7-3-2-6(11)4-8(7)12/h2-4,9,15H,1H3. The van der Waals surface area contributed by atoms with Crippen LogP contribution in [0.1, 0.15) is 16.8 Å². The van der Waals surface area contributed by atoms with Crippen LogP contribution in [0.5, 0.6) is 0 Å². The van der Waals surface area contributed by atoms with Gasteiger partial charge in [-0.1, -0.05) is 41.0 Å². The molecule has 0 aliphatic carbocycles. The Labute approximate surface area is 112 Å². The lowest BCUT2D eigenvalue weighted by molar-refractivity contribution is 0.763. The fraction of sp³-hybridized carbons (Fsp3) is 0.200. The topological polar surface area (TPSA) is 42.7 Å². The van der Waals surface area contributed by atoms with Crippen molar-refractivity contribution < 1.29 is 0 Å². The first-order chi connectivity index (χ1) is 8.15. The molecule has 1 aliphatic heterocycles. The van der Waals surface area contributed by atoms with E-state index in [9.17, 15) is 0 Å². The van der Waals surface area contributed by atoms with Crippen molar-refractivity contribution in [2.75, 3.05) is 5.43 Å². The maximum atomic E-state index is 6.18. The second-order valence-corrected chi connectivity index (χ2v) is 5.57. The number of nitrogens with zero attached hydrogens (tertiary/aromatic N) is 3. The minimum Gasteiger partial charge on any atom is -0.304 e. The summed E-state index contributed by atoms with van der Waals surface area (Å²) in [5.74, 6) is 0.833. The summed E-state index contributed by atoms with van der Waals surface area (Å²) < 4.78 is 1.86. The molecule has 0 spiro atoms. The molecule has 4 nitrogen and oxygen atoms in total.